The molecule has 1 aromatic heterocycles. The summed E-state index contributed by atoms with van der Waals surface area (Å²) in [6, 6.07) is 5.42. The smallest absolute Gasteiger partial charge is 0.211 e. The first-order valence-corrected chi connectivity index (χ1v) is 6.02. The Morgan fingerprint density at radius 1 is 1.35 bits per heavy atom. The van der Waals surface area contributed by atoms with Gasteiger partial charge < -0.3 is 9.52 Å². The Balaban J connectivity index is 2.48. The van der Waals surface area contributed by atoms with Crippen molar-refractivity contribution in [3.8, 4) is 6.07 Å². The normalized spacial score (nSPS) is 13.7. The Morgan fingerprint density at radius 3 is 2.55 bits per heavy atom. The van der Waals surface area contributed by atoms with Gasteiger partial charge in [0.2, 0.25) is 5.89 Å². The highest BCUT2D eigenvalue weighted by atomic mass is 19.1. The number of nitrogens with zero attached hydrogens (tertiary/aromatic N) is 2. The molecular formula is C14H12F2N2O2. The number of rotatable bonds is 5. The second-order valence-corrected chi connectivity index (χ2v) is 4.23. The zero-order valence-corrected chi connectivity index (χ0v) is 10.5. The van der Waals surface area contributed by atoms with Crippen molar-refractivity contribution in [3.63, 3.8) is 0 Å². The van der Waals surface area contributed by atoms with Crippen LogP contribution in [-0.4, -0.2) is 16.7 Å². The van der Waals surface area contributed by atoms with Crippen LogP contribution in [-0.2, 0) is 0 Å². The minimum absolute atomic E-state index is 0.0263. The highest BCUT2D eigenvalue weighted by Gasteiger charge is 2.32. The maximum absolute atomic E-state index is 13.9. The van der Waals surface area contributed by atoms with E-state index in [1.54, 1.807) is 0 Å². The standard InChI is InChI=1S/C14H12F2N2O2/c15-11-2-1-3-12(16)13(11)9(4-6-19)10(8-17)14-18-5-7-20-14/h1-3,5,7,9-10,19H,4,6H2/t9-,10+/m1/s1. The monoisotopic (exact) mass is 278 g/mol. The zero-order valence-electron chi connectivity index (χ0n) is 10.5. The first-order valence-electron chi connectivity index (χ1n) is 6.02. The van der Waals surface area contributed by atoms with Crippen LogP contribution in [0.15, 0.2) is 35.1 Å². The number of aromatic nitrogens is 1. The minimum Gasteiger partial charge on any atom is -0.448 e. The fourth-order valence-corrected chi connectivity index (χ4v) is 2.19. The quantitative estimate of drug-likeness (QED) is 0.912. The van der Waals surface area contributed by atoms with E-state index in [-0.39, 0.29) is 24.5 Å². The molecule has 4 nitrogen and oxygen atoms in total. The van der Waals surface area contributed by atoms with Gasteiger partial charge in [-0.1, -0.05) is 6.07 Å². The van der Waals surface area contributed by atoms with Crippen LogP contribution in [0.5, 0.6) is 0 Å². The van der Waals surface area contributed by atoms with E-state index >= 15 is 0 Å². The number of nitriles is 1. The average molecular weight is 278 g/mol. The lowest BCUT2D eigenvalue weighted by atomic mass is 9.83. The summed E-state index contributed by atoms with van der Waals surface area (Å²) in [6.07, 6.45) is 2.67. The van der Waals surface area contributed by atoms with E-state index < -0.39 is 23.5 Å². The molecule has 2 aromatic rings. The number of aliphatic hydroxyl groups is 1. The van der Waals surface area contributed by atoms with Crippen LogP contribution in [0.1, 0.15) is 29.7 Å². The molecule has 0 aliphatic heterocycles. The van der Waals surface area contributed by atoms with Gasteiger partial charge in [0.1, 0.15) is 23.8 Å². The summed E-state index contributed by atoms with van der Waals surface area (Å²) in [5.74, 6) is -3.27. The molecule has 0 radical (unpaired) electrons. The Hall–Kier alpha value is -2.26. The molecule has 0 amide bonds. The summed E-state index contributed by atoms with van der Waals surface area (Å²) in [6.45, 7) is -0.308. The maximum atomic E-state index is 13.9. The summed E-state index contributed by atoms with van der Waals surface area (Å²) in [4.78, 5) is 3.86. The van der Waals surface area contributed by atoms with Crippen molar-refractivity contribution in [2.24, 2.45) is 0 Å². The van der Waals surface area contributed by atoms with Crippen LogP contribution in [0, 0.1) is 23.0 Å². The van der Waals surface area contributed by atoms with Crippen LogP contribution in [0.25, 0.3) is 0 Å². The summed E-state index contributed by atoms with van der Waals surface area (Å²) in [7, 11) is 0. The van der Waals surface area contributed by atoms with Crippen molar-refractivity contribution in [3.05, 3.63) is 53.7 Å². The first-order chi connectivity index (χ1) is 9.69. The molecule has 0 saturated heterocycles. The highest BCUT2D eigenvalue weighted by molar-refractivity contribution is 5.29. The number of halogens is 2. The van der Waals surface area contributed by atoms with E-state index in [0.717, 1.165) is 12.1 Å². The van der Waals surface area contributed by atoms with E-state index in [0.29, 0.717) is 0 Å². The minimum atomic E-state index is -0.969. The van der Waals surface area contributed by atoms with Crippen molar-refractivity contribution in [1.82, 2.24) is 4.98 Å². The van der Waals surface area contributed by atoms with Crippen molar-refractivity contribution >= 4 is 0 Å². The van der Waals surface area contributed by atoms with Gasteiger partial charge in [0.05, 0.1) is 12.3 Å². The maximum Gasteiger partial charge on any atom is 0.211 e. The summed E-state index contributed by atoms with van der Waals surface area (Å²) in [5, 5.41) is 18.4. The molecule has 20 heavy (non-hydrogen) atoms. The lowest BCUT2D eigenvalue weighted by Gasteiger charge is -2.20. The fourth-order valence-electron chi connectivity index (χ4n) is 2.19. The SMILES string of the molecule is N#C[C@H](c1ncco1)[C@@H](CCO)c1c(F)cccc1F. The molecule has 2 rings (SSSR count). The van der Waals surface area contributed by atoms with Gasteiger partial charge in [-0.15, -0.1) is 0 Å². The largest absolute Gasteiger partial charge is 0.448 e. The molecular weight excluding hydrogens is 266 g/mol. The molecule has 0 aliphatic carbocycles. The van der Waals surface area contributed by atoms with Gasteiger partial charge in [-0.05, 0) is 18.6 Å². The molecule has 1 N–H and O–H groups in total. The van der Waals surface area contributed by atoms with Crippen molar-refractivity contribution in [2.75, 3.05) is 6.61 Å². The Bertz CT molecular complexity index is 588. The van der Waals surface area contributed by atoms with Gasteiger partial charge in [-0.3, -0.25) is 0 Å². The third-order valence-corrected chi connectivity index (χ3v) is 3.07. The molecule has 104 valence electrons. The van der Waals surface area contributed by atoms with E-state index in [9.17, 15) is 14.0 Å². The Labute approximate surface area is 114 Å². The number of benzene rings is 1. The molecule has 1 aromatic carbocycles. The van der Waals surface area contributed by atoms with Gasteiger partial charge in [-0.25, -0.2) is 13.8 Å². The second kappa shape index (κ2) is 6.26. The molecule has 2 atom stereocenters. The molecule has 0 spiro atoms. The topological polar surface area (TPSA) is 70.0 Å². The van der Waals surface area contributed by atoms with Crippen molar-refractivity contribution < 1.29 is 18.3 Å². The molecule has 0 aliphatic rings. The van der Waals surface area contributed by atoms with Gasteiger partial charge in [0, 0.05) is 18.1 Å². The van der Waals surface area contributed by atoms with Gasteiger partial charge in [0.25, 0.3) is 0 Å². The van der Waals surface area contributed by atoms with Gasteiger partial charge >= 0.3 is 0 Å². The van der Waals surface area contributed by atoms with Crippen LogP contribution in [0.2, 0.25) is 0 Å². The zero-order chi connectivity index (χ0) is 14.5. The van der Waals surface area contributed by atoms with Gasteiger partial charge in [-0.2, -0.15) is 5.26 Å². The molecule has 6 heteroatoms. The van der Waals surface area contributed by atoms with E-state index in [1.807, 2.05) is 6.07 Å². The predicted molar refractivity (Wildman–Crippen MR) is 65.7 cm³/mol. The summed E-state index contributed by atoms with van der Waals surface area (Å²) < 4.78 is 32.8. The molecule has 0 fully saturated rings. The van der Waals surface area contributed by atoms with E-state index in [4.69, 9.17) is 9.52 Å². The van der Waals surface area contributed by atoms with Crippen LogP contribution < -0.4 is 0 Å². The second-order valence-electron chi connectivity index (χ2n) is 4.23. The lowest BCUT2D eigenvalue weighted by molar-refractivity contribution is 0.264. The average Bonchev–Trinajstić information content (AvgIpc) is 2.93. The predicted octanol–water partition coefficient (Wildman–Crippen LogP) is 2.73. The highest BCUT2D eigenvalue weighted by Crippen LogP contribution is 2.37. The van der Waals surface area contributed by atoms with Crippen LogP contribution >= 0.6 is 0 Å². The van der Waals surface area contributed by atoms with Crippen molar-refractivity contribution in [1.29, 1.82) is 5.26 Å². The van der Waals surface area contributed by atoms with Crippen molar-refractivity contribution in [2.45, 2.75) is 18.3 Å². The van der Waals surface area contributed by atoms with E-state index in [1.165, 1.54) is 18.5 Å². The number of oxazole rings is 1. The molecule has 0 saturated carbocycles. The van der Waals surface area contributed by atoms with Crippen LogP contribution in [0.3, 0.4) is 0 Å². The Kier molecular flexibility index (Phi) is 4.43. The Morgan fingerprint density at radius 2 is 2.05 bits per heavy atom. The molecule has 0 bridgehead atoms. The van der Waals surface area contributed by atoms with E-state index in [2.05, 4.69) is 4.98 Å². The fraction of sp³-hybridized carbons (Fsp3) is 0.286. The summed E-state index contributed by atoms with van der Waals surface area (Å²) >= 11 is 0. The summed E-state index contributed by atoms with van der Waals surface area (Å²) in [5.41, 5.74) is -0.230. The first kappa shape index (κ1) is 14.2. The van der Waals surface area contributed by atoms with Gasteiger partial charge in [0.15, 0.2) is 0 Å². The van der Waals surface area contributed by atoms with Crippen LogP contribution in [0.4, 0.5) is 8.78 Å². The molecule has 0 unspecified atom stereocenters. The number of hydrogen-bond donors (Lipinski definition) is 1. The number of hydrogen-bond acceptors (Lipinski definition) is 4. The third-order valence-electron chi connectivity index (χ3n) is 3.07. The number of aliphatic hydroxyl groups excluding tert-OH is 1. The third kappa shape index (κ3) is 2.68. The molecule has 1 heterocycles. The lowest BCUT2D eigenvalue weighted by Crippen LogP contribution is -2.15.